The molecule has 1 aromatic heterocycles. The molecule has 4 rings (SSSR count). The Morgan fingerprint density at radius 2 is 1.78 bits per heavy atom. The quantitative estimate of drug-likeness (QED) is 0.579. The molecule has 0 aliphatic carbocycles. The van der Waals surface area contributed by atoms with E-state index in [4.69, 9.17) is 4.98 Å². The van der Waals surface area contributed by atoms with Crippen LogP contribution in [0.3, 0.4) is 0 Å². The van der Waals surface area contributed by atoms with Gasteiger partial charge in [0.05, 0.1) is 11.4 Å². The van der Waals surface area contributed by atoms with Crippen molar-refractivity contribution in [2.24, 2.45) is 4.99 Å². The highest BCUT2D eigenvalue weighted by atomic mass is 32.2. The standard InChI is InChI=1S/C22H18N2OS2/c1-14-8-10-16(11-9-14)12-18(21-23-19(25)13-26-21)22-24-20(15(2)27-22)17-6-4-3-5-7-17/h3-12H,13H2,1-2H3. The minimum absolute atomic E-state index is 0.0821. The van der Waals surface area contributed by atoms with Crippen molar-refractivity contribution in [3.8, 4) is 11.3 Å². The molecular weight excluding hydrogens is 372 g/mol. The van der Waals surface area contributed by atoms with E-state index in [-0.39, 0.29) is 5.91 Å². The van der Waals surface area contributed by atoms with E-state index in [2.05, 4.69) is 61.3 Å². The molecule has 5 heteroatoms. The molecule has 0 bridgehead atoms. The maximum absolute atomic E-state index is 11.7. The van der Waals surface area contributed by atoms with Gasteiger partial charge in [-0.3, -0.25) is 4.79 Å². The van der Waals surface area contributed by atoms with Crippen molar-refractivity contribution < 1.29 is 4.79 Å². The number of benzene rings is 2. The molecule has 134 valence electrons. The van der Waals surface area contributed by atoms with Gasteiger partial charge in [0.2, 0.25) is 0 Å². The van der Waals surface area contributed by atoms with Crippen LogP contribution in [0, 0.1) is 13.8 Å². The van der Waals surface area contributed by atoms with Crippen molar-refractivity contribution in [3.05, 3.63) is 75.6 Å². The largest absolute Gasteiger partial charge is 0.272 e. The third kappa shape index (κ3) is 3.94. The van der Waals surface area contributed by atoms with E-state index in [1.54, 1.807) is 11.3 Å². The molecule has 3 nitrogen and oxygen atoms in total. The number of carbonyl (C=O) groups excluding carboxylic acids is 1. The predicted octanol–water partition coefficient (Wildman–Crippen LogP) is 5.64. The number of thioether (sulfide) groups is 1. The molecular formula is C22H18N2OS2. The van der Waals surface area contributed by atoms with Crippen LogP contribution < -0.4 is 0 Å². The van der Waals surface area contributed by atoms with Crippen LogP contribution in [0.1, 0.15) is 21.0 Å². The van der Waals surface area contributed by atoms with E-state index in [0.717, 1.165) is 37.3 Å². The van der Waals surface area contributed by atoms with Gasteiger partial charge in [0.1, 0.15) is 10.1 Å². The Kier molecular flexibility index (Phi) is 5.05. The van der Waals surface area contributed by atoms with Crippen LogP contribution in [0.15, 0.2) is 59.6 Å². The summed E-state index contributed by atoms with van der Waals surface area (Å²) in [6, 6.07) is 18.5. The molecule has 0 saturated carbocycles. The number of rotatable bonds is 4. The maximum Gasteiger partial charge on any atom is 0.257 e. The van der Waals surface area contributed by atoms with Crippen molar-refractivity contribution in [1.29, 1.82) is 0 Å². The molecule has 0 radical (unpaired) electrons. The van der Waals surface area contributed by atoms with Crippen LogP contribution in [0.5, 0.6) is 0 Å². The maximum atomic E-state index is 11.7. The van der Waals surface area contributed by atoms with E-state index in [1.807, 2.05) is 18.2 Å². The summed E-state index contributed by atoms with van der Waals surface area (Å²) in [7, 11) is 0. The van der Waals surface area contributed by atoms with Gasteiger partial charge in [-0.1, -0.05) is 71.9 Å². The number of aliphatic imine (C=N–C) groups is 1. The first-order chi connectivity index (χ1) is 13.1. The molecule has 0 fully saturated rings. The summed E-state index contributed by atoms with van der Waals surface area (Å²) in [5.74, 6) is 0.317. The van der Waals surface area contributed by atoms with Crippen LogP contribution in [-0.4, -0.2) is 21.7 Å². The zero-order valence-electron chi connectivity index (χ0n) is 15.1. The predicted molar refractivity (Wildman–Crippen MR) is 116 cm³/mol. The molecule has 27 heavy (non-hydrogen) atoms. The van der Waals surface area contributed by atoms with E-state index in [9.17, 15) is 4.79 Å². The Morgan fingerprint density at radius 3 is 2.44 bits per heavy atom. The molecule has 1 aliphatic heterocycles. The third-order valence-corrected chi connectivity index (χ3v) is 6.23. The first-order valence-electron chi connectivity index (χ1n) is 8.66. The zero-order valence-corrected chi connectivity index (χ0v) is 16.7. The summed E-state index contributed by atoms with van der Waals surface area (Å²) in [6.45, 7) is 4.15. The first-order valence-corrected chi connectivity index (χ1v) is 10.5. The first kappa shape index (κ1) is 17.9. The normalized spacial score (nSPS) is 14.5. The van der Waals surface area contributed by atoms with E-state index >= 15 is 0 Å². The van der Waals surface area contributed by atoms with Crippen molar-refractivity contribution in [1.82, 2.24) is 4.98 Å². The van der Waals surface area contributed by atoms with Gasteiger partial charge in [0.15, 0.2) is 0 Å². The van der Waals surface area contributed by atoms with Crippen LogP contribution >= 0.6 is 23.1 Å². The molecule has 1 aliphatic rings. The van der Waals surface area contributed by atoms with Gasteiger partial charge in [0, 0.05) is 16.0 Å². The fourth-order valence-corrected chi connectivity index (χ4v) is 4.69. The van der Waals surface area contributed by atoms with Crippen molar-refractivity contribution >= 4 is 45.7 Å². The van der Waals surface area contributed by atoms with Crippen molar-refractivity contribution in [2.75, 3.05) is 5.75 Å². The lowest BCUT2D eigenvalue weighted by molar-refractivity contribution is -0.115. The van der Waals surface area contributed by atoms with Gasteiger partial charge in [-0.15, -0.1) is 11.3 Å². The van der Waals surface area contributed by atoms with E-state index < -0.39 is 0 Å². The van der Waals surface area contributed by atoms with Crippen LogP contribution in [-0.2, 0) is 4.79 Å². The smallest absolute Gasteiger partial charge is 0.257 e. The molecule has 3 aromatic rings. The minimum atomic E-state index is -0.0821. The van der Waals surface area contributed by atoms with Crippen LogP contribution in [0.4, 0.5) is 0 Å². The number of aryl methyl sites for hydroxylation is 2. The van der Waals surface area contributed by atoms with E-state index in [0.29, 0.717) is 5.75 Å². The van der Waals surface area contributed by atoms with Gasteiger partial charge < -0.3 is 0 Å². The van der Waals surface area contributed by atoms with Gasteiger partial charge in [-0.25, -0.2) is 9.98 Å². The zero-order chi connectivity index (χ0) is 18.8. The monoisotopic (exact) mass is 390 g/mol. The Morgan fingerprint density at radius 1 is 1.04 bits per heavy atom. The lowest BCUT2D eigenvalue weighted by Gasteiger charge is -2.04. The molecule has 0 atom stereocenters. The Hall–Kier alpha value is -2.50. The third-order valence-electron chi connectivity index (χ3n) is 4.25. The Labute approximate surface area is 166 Å². The summed E-state index contributed by atoms with van der Waals surface area (Å²) in [5.41, 5.74) is 5.30. The number of hydrogen-bond acceptors (Lipinski definition) is 4. The molecule has 1 amide bonds. The number of aromatic nitrogens is 1. The number of carbonyl (C=O) groups is 1. The van der Waals surface area contributed by atoms with Gasteiger partial charge >= 0.3 is 0 Å². The molecule has 0 spiro atoms. The molecule has 0 N–H and O–H groups in total. The van der Waals surface area contributed by atoms with Gasteiger partial charge in [-0.05, 0) is 25.5 Å². The SMILES string of the molecule is Cc1ccc(C=C(C2=NC(=O)CS2)c2nc(-c3ccccc3)c(C)s2)cc1. The summed E-state index contributed by atoms with van der Waals surface area (Å²) in [6.07, 6.45) is 2.08. The second kappa shape index (κ2) is 7.62. The van der Waals surface area contributed by atoms with Gasteiger partial charge in [-0.2, -0.15) is 0 Å². The summed E-state index contributed by atoms with van der Waals surface area (Å²) >= 11 is 3.13. The van der Waals surface area contributed by atoms with Crippen LogP contribution in [0.2, 0.25) is 0 Å². The minimum Gasteiger partial charge on any atom is -0.272 e. The highest BCUT2D eigenvalue weighted by Crippen LogP contribution is 2.35. The molecule has 0 unspecified atom stereocenters. The Bertz CT molecular complexity index is 1050. The van der Waals surface area contributed by atoms with Gasteiger partial charge in [0.25, 0.3) is 5.91 Å². The van der Waals surface area contributed by atoms with Crippen molar-refractivity contribution in [2.45, 2.75) is 13.8 Å². The highest BCUT2D eigenvalue weighted by molar-refractivity contribution is 8.16. The number of hydrogen-bond donors (Lipinski definition) is 0. The second-order valence-electron chi connectivity index (χ2n) is 6.36. The average Bonchev–Trinajstić information content (AvgIpc) is 3.28. The number of nitrogens with zero attached hydrogens (tertiary/aromatic N) is 2. The average molecular weight is 391 g/mol. The van der Waals surface area contributed by atoms with E-state index in [1.165, 1.54) is 17.3 Å². The van der Waals surface area contributed by atoms with Crippen molar-refractivity contribution in [3.63, 3.8) is 0 Å². The lowest BCUT2D eigenvalue weighted by Crippen LogP contribution is -1.95. The topological polar surface area (TPSA) is 42.3 Å². The highest BCUT2D eigenvalue weighted by Gasteiger charge is 2.23. The summed E-state index contributed by atoms with van der Waals surface area (Å²) in [4.78, 5) is 22.0. The molecule has 2 heterocycles. The second-order valence-corrected chi connectivity index (χ2v) is 8.53. The number of thiazole rings is 1. The lowest BCUT2D eigenvalue weighted by atomic mass is 10.1. The summed E-state index contributed by atoms with van der Waals surface area (Å²) < 4.78 is 0. The fraction of sp³-hybridized carbons (Fsp3) is 0.136. The summed E-state index contributed by atoms with van der Waals surface area (Å²) in [5, 5.41) is 1.65. The molecule has 2 aromatic carbocycles. The number of amides is 1. The van der Waals surface area contributed by atoms with Crippen LogP contribution in [0.25, 0.3) is 22.9 Å². The Balaban J connectivity index is 1.81. The molecule has 0 saturated heterocycles. The fourth-order valence-electron chi connectivity index (χ4n) is 2.87.